The summed E-state index contributed by atoms with van der Waals surface area (Å²) >= 11 is 0. The van der Waals surface area contributed by atoms with Crippen molar-refractivity contribution in [3.05, 3.63) is 18.5 Å². The molecule has 1 aliphatic heterocycles. The number of ether oxygens (including phenoxy) is 1. The van der Waals surface area contributed by atoms with Crippen molar-refractivity contribution in [3.8, 4) is 5.88 Å². The lowest BCUT2D eigenvalue weighted by atomic mass is 9.98. The van der Waals surface area contributed by atoms with Crippen LogP contribution in [0.2, 0.25) is 0 Å². The Kier molecular flexibility index (Phi) is 5.10. The quantitative estimate of drug-likeness (QED) is 0.566. The summed E-state index contributed by atoms with van der Waals surface area (Å²) in [4.78, 5) is 21.4. The minimum Gasteiger partial charge on any atom is -0.465 e. The largest absolute Gasteiger partial charge is 0.465 e. The van der Waals surface area contributed by atoms with E-state index in [0.717, 1.165) is 12.8 Å². The van der Waals surface area contributed by atoms with Gasteiger partial charge in [0.1, 0.15) is 11.3 Å². The van der Waals surface area contributed by atoms with Crippen LogP contribution in [0, 0.1) is 5.92 Å². The van der Waals surface area contributed by atoms with Crippen molar-refractivity contribution in [1.29, 1.82) is 0 Å². The molecular formula is C16H18F2N8O3. The molecule has 0 spiro atoms. The summed E-state index contributed by atoms with van der Waals surface area (Å²) in [6.07, 6.45) is 3.86. The van der Waals surface area contributed by atoms with Gasteiger partial charge in [-0.3, -0.25) is 5.10 Å². The normalized spacial score (nSPS) is 17.1. The summed E-state index contributed by atoms with van der Waals surface area (Å²) in [5.74, 6) is 0.553. The van der Waals surface area contributed by atoms with Gasteiger partial charge in [0.25, 0.3) is 0 Å². The van der Waals surface area contributed by atoms with Gasteiger partial charge in [-0.1, -0.05) is 0 Å². The van der Waals surface area contributed by atoms with E-state index in [4.69, 9.17) is 0 Å². The molecule has 0 radical (unpaired) electrons. The Labute approximate surface area is 162 Å². The SMILES string of the molecule is O=C(O)N1CCCC(Cn2ncc3ncc(Nc4cc(OC(F)F)n[nH]4)nc32)C1. The van der Waals surface area contributed by atoms with Crippen LogP contribution in [0.1, 0.15) is 12.8 Å². The number of fused-ring (bicyclic) bond motifs is 1. The molecule has 1 fully saturated rings. The van der Waals surface area contributed by atoms with E-state index in [1.807, 2.05) is 0 Å². The second-order valence-electron chi connectivity index (χ2n) is 6.65. The zero-order valence-corrected chi connectivity index (χ0v) is 15.1. The predicted octanol–water partition coefficient (Wildman–Crippen LogP) is 2.28. The third-order valence-electron chi connectivity index (χ3n) is 4.59. The number of aromatic nitrogens is 6. The predicted molar refractivity (Wildman–Crippen MR) is 96.1 cm³/mol. The molecule has 1 saturated heterocycles. The van der Waals surface area contributed by atoms with Crippen LogP contribution in [0.3, 0.4) is 0 Å². The third kappa shape index (κ3) is 4.33. The molecule has 0 aliphatic carbocycles. The topological polar surface area (TPSA) is 134 Å². The average molecular weight is 408 g/mol. The van der Waals surface area contributed by atoms with Gasteiger partial charge in [0.05, 0.1) is 12.4 Å². The smallest absolute Gasteiger partial charge is 0.407 e. The van der Waals surface area contributed by atoms with E-state index in [1.54, 1.807) is 10.9 Å². The third-order valence-corrected chi connectivity index (χ3v) is 4.59. The maximum atomic E-state index is 12.2. The van der Waals surface area contributed by atoms with Crippen molar-refractivity contribution in [2.24, 2.45) is 5.92 Å². The van der Waals surface area contributed by atoms with Crippen molar-refractivity contribution in [1.82, 2.24) is 34.8 Å². The molecule has 11 nitrogen and oxygen atoms in total. The fourth-order valence-electron chi connectivity index (χ4n) is 3.33. The highest BCUT2D eigenvalue weighted by Crippen LogP contribution is 2.22. The molecule has 3 N–H and O–H groups in total. The van der Waals surface area contributed by atoms with Crippen LogP contribution in [0.25, 0.3) is 11.2 Å². The number of piperidine rings is 1. The molecule has 1 aliphatic rings. The number of carbonyl (C=O) groups is 1. The van der Waals surface area contributed by atoms with Gasteiger partial charge in [-0.05, 0) is 18.8 Å². The van der Waals surface area contributed by atoms with Gasteiger partial charge in [0.15, 0.2) is 11.5 Å². The number of likely N-dealkylation sites (tertiary alicyclic amines) is 1. The van der Waals surface area contributed by atoms with Crippen LogP contribution < -0.4 is 10.1 Å². The van der Waals surface area contributed by atoms with Crippen molar-refractivity contribution < 1.29 is 23.4 Å². The zero-order chi connectivity index (χ0) is 20.4. The van der Waals surface area contributed by atoms with Crippen molar-refractivity contribution >= 4 is 28.9 Å². The number of amides is 1. The minimum atomic E-state index is -2.96. The van der Waals surface area contributed by atoms with Gasteiger partial charge in [-0.25, -0.2) is 19.4 Å². The van der Waals surface area contributed by atoms with E-state index in [2.05, 4.69) is 35.3 Å². The first-order valence-electron chi connectivity index (χ1n) is 8.91. The Morgan fingerprint density at radius 1 is 1.45 bits per heavy atom. The highest BCUT2D eigenvalue weighted by atomic mass is 19.3. The van der Waals surface area contributed by atoms with Crippen LogP contribution in [0.5, 0.6) is 5.88 Å². The number of rotatable bonds is 6. The molecule has 4 heterocycles. The number of anilines is 2. The highest BCUT2D eigenvalue weighted by molar-refractivity contribution is 5.72. The lowest BCUT2D eigenvalue weighted by Gasteiger charge is -2.30. The molecule has 0 bridgehead atoms. The molecular weight excluding hydrogens is 390 g/mol. The number of alkyl halides is 2. The summed E-state index contributed by atoms with van der Waals surface area (Å²) in [5, 5.41) is 22.5. The molecule has 3 aromatic heterocycles. The average Bonchev–Trinajstić information content (AvgIpc) is 3.28. The standard InChI is InChI=1S/C16H18F2N8O3/c17-15(18)29-13-4-11(23-24-13)21-12-6-19-10-5-20-26(14(10)22-12)8-9-2-1-3-25(7-9)16(27)28/h4-6,9,15H,1-3,7-8H2,(H,27,28)(H2,21,22,23,24). The lowest BCUT2D eigenvalue weighted by molar-refractivity contribution is -0.0528. The molecule has 1 unspecified atom stereocenters. The van der Waals surface area contributed by atoms with Gasteiger partial charge in [-0.2, -0.15) is 13.9 Å². The van der Waals surface area contributed by atoms with Crippen LogP contribution in [-0.4, -0.2) is 65.7 Å². The van der Waals surface area contributed by atoms with E-state index in [-0.39, 0.29) is 11.8 Å². The number of hydrogen-bond acceptors (Lipinski definition) is 7. The van der Waals surface area contributed by atoms with E-state index in [1.165, 1.54) is 17.2 Å². The Morgan fingerprint density at radius 3 is 3.10 bits per heavy atom. The van der Waals surface area contributed by atoms with Crippen molar-refractivity contribution in [2.45, 2.75) is 26.0 Å². The molecule has 0 aromatic carbocycles. The van der Waals surface area contributed by atoms with E-state index in [0.29, 0.717) is 42.4 Å². The van der Waals surface area contributed by atoms with Gasteiger partial charge in [-0.15, -0.1) is 5.10 Å². The van der Waals surface area contributed by atoms with Crippen molar-refractivity contribution in [3.63, 3.8) is 0 Å². The van der Waals surface area contributed by atoms with Crippen LogP contribution in [0.15, 0.2) is 18.5 Å². The molecule has 154 valence electrons. The maximum Gasteiger partial charge on any atom is 0.407 e. The summed E-state index contributed by atoms with van der Waals surface area (Å²) < 4.78 is 30.4. The number of aromatic amines is 1. The molecule has 4 rings (SSSR count). The minimum absolute atomic E-state index is 0.128. The van der Waals surface area contributed by atoms with Gasteiger partial charge >= 0.3 is 12.7 Å². The Bertz CT molecular complexity index is 1010. The molecule has 1 atom stereocenters. The maximum absolute atomic E-state index is 12.2. The van der Waals surface area contributed by atoms with E-state index < -0.39 is 12.7 Å². The molecule has 0 saturated carbocycles. The van der Waals surface area contributed by atoms with Crippen LogP contribution in [0.4, 0.5) is 25.2 Å². The van der Waals surface area contributed by atoms with E-state index >= 15 is 0 Å². The molecule has 13 heteroatoms. The number of nitrogens with one attached hydrogen (secondary N) is 2. The Morgan fingerprint density at radius 2 is 2.31 bits per heavy atom. The van der Waals surface area contributed by atoms with Crippen molar-refractivity contribution in [2.75, 3.05) is 18.4 Å². The number of nitrogens with zero attached hydrogens (tertiary/aromatic N) is 6. The number of H-pyrrole nitrogens is 1. The second-order valence-corrected chi connectivity index (χ2v) is 6.65. The molecule has 29 heavy (non-hydrogen) atoms. The summed E-state index contributed by atoms with van der Waals surface area (Å²) in [6.45, 7) is -1.46. The van der Waals surface area contributed by atoms with Crippen LogP contribution >= 0.6 is 0 Å². The summed E-state index contributed by atoms with van der Waals surface area (Å²) in [7, 11) is 0. The fraction of sp³-hybridized carbons (Fsp3) is 0.438. The van der Waals surface area contributed by atoms with E-state index in [9.17, 15) is 18.7 Å². The number of carboxylic acid groups (broad SMARTS) is 1. The zero-order valence-electron chi connectivity index (χ0n) is 15.1. The first-order valence-corrected chi connectivity index (χ1v) is 8.91. The molecule has 3 aromatic rings. The first-order chi connectivity index (χ1) is 14.0. The van der Waals surface area contributed by atoms with Crippen LogP contribution in [-0.2, 0) is 6.54 Å². The summed E-state index contributed by atoms with van der Waals surface area (Å²) in [5.41, 5.74) is 1.12. The van der Waals surface area contributed by atoms with Gasteiger partial charge in [0.2, 0.25) is 5.88 Å². The number of hydrogen-bond donors (Lipinski definition) is 3. The Balaban J connectivity index is 1.49. The van der Waals surface area contributed by atoms with Gasteiger partial charge in [0, 0.05) is 25.7 Å². The monoisotopic (exact) mass is 408 g/mol. The second kappa shape index (κ2) is 7.85. The number of halogens is 2. The lowest BCUT2D eigenvalue weighted by Crippen LogP contribution is -2.40. The Hall–Kier alpha value is -3.51. The molecule has 1 amide bonds. The highest BCUT2D eigenvalue weighted by Gasteiger charge is 2.24. The fourth-order valence-corrected chi connectivity index (χ4v) is 3.33. The summed E-state index contributed by atoms with van der Waals surface area (Å²) in [6, 6.07) is 1.28. The van der Waals surface area contributed by atoms with Gasteiger partial charge < -0.3 is 20.1 Å². The first kappa shape index (κ1) is 18.8.